The van der Waals surface area contributed by atoms with Crippen LogP contribution in [0, 0.1) is 5.92 Å². The molecule has 1 fully saturated rings. The topological polar surface area (TPSA) is 62.4 Å². The number of rotatable bonds is 2. The number of hydrogen-bond acceptors (Lipinski definition) is 5. The van der Waals surface area contributed by atoms with Gasteiger partial charge in [-0.15, -0.1) is 0 Å². The lowest BCUT2D eigenvalue weighted by molar-refractivity contribution is -0.146. The summed E-state index contributed by atoms with van der Waals surface area (Å²) in [6.45, 7) is 2.74. The first kappa shape index (κ1) is 13.1. The van der Waals surface area contributed by atoms with Gasteiger partial charge in [-0.05, 0) is 30.8 Å². The Morgan fingerprint density at radius 1 is 1.39 bits per heavy atom. The van der Waals surface area contributed by atoms with E-state index in [0.717, 1.165) is 0 Å². The van der Waals surface area contributed by atoms with Crippen molar-refractivity contribution in [3.8, 4) is 0 Å². The average molecular weight is 265 g/mol. The summed E-state index contributed by atoms with van der Waals surface area (Å²) in [5.74, 6) is -1.08. The molecule has 1 aromatic rings. The van der Waals surface area contributed by atoms with Crippen molar-refractivity contribution in [2.45, 2.75) is 32.0 Å². The molecule has 1 aliphatic heterocycles. The largest absolute Gasteiger partial charge is 0.455 e. The maximum atomic E-state index is 12.3. The Morgan fingerprint density at radius 3 is 2.44 bits per heavy atom. The van der Waals surface area contributed by atoms with Gasteiger partial charge in [-0.2, -0.15) is 18.2 Å². The van der Waals surface area contributed by atoms with Gasteiger partial charge in [-0.25, -0.2) is 0 Å². The van der Waals surface area contributed by atoms with E-state index in [0.29, 0.717) is 25.9 Å². The van der Waals surface area contributed by atoms with E-state index < -0.39 is 18.1 Å². The van der Waals surface area contributed by atoms with Crippen LogP contribution in [-0.2, 0) is 6.18 Å². The summed E-state index contributed by atoms with van der Waals surface area (Å²) >= 11 is 0. The molecule has 18 heavy (non-hydrogen) atoms. The molecule has 2 rings (SSSR count). The molecule has 0 saturated carbocycles. The van der Waals surface area contributed by atoms with E-state index in [-0.39, 0.29) is 11.9 Å². The van der Waals surface area contributed by atoms with Crippen molar-refractivity contribution in [3.63, 3.8) is 0 Å². The number of hydrogen-bond donors (Lipinski definition) is 1. The third-order valence-corrected chi connectivity index (χ3v) is 3.16. The minimum absolute atomic E-state index is 0.105. The Balaban J connectivity index is 2.00. The Labute approximate surface area is 102 Å². The Morgan fingerprint density at radius 2 is 2.00 bits per heavy atom. The Hall–Kier alpha value is -1.31. The van der Waals surface area contributed by atoms with E-state index >= 15 is 0 Å². The number of aromatic nitrogens is 2. The number of halogens is 3. The predicted molar refractivity (Wildman–Crippen MR) is 55.9 cm³/mol. The molecule has 1 atom stereocenters. The molecular weight excluding hydrogens is 251 g/mol. The lowest BCUT2D eigenvalue weighted by Gasteiger charge is -2.31. The van der Waals surface area contributed by atoms with Crippen LogP contribution in [0.15, 0.2) is 4.52 Å². The molecule has 0 radical (unpaired) electrons. The summed E-state index contributed by atoms with van der Waals surface area (Å²) < 4.78 is 41.5. The molecule has 8 heteroatoms. The summed E-state index contributed by atoms with van der Waals surface area (Å²) in [6, 6.07) is -0.105. The predicted octanol–water partition coefficient (Wildman–Crippen LogP) is 1.69. The van der Waals surface area contributed by atoms with Gasteiger partial charge in [-0.3, -0.25) is 0 Å². The van der Waals surface area contributed by atoms with Crippen molar-refractivity contribution in [1.82, 2.24) is 10.1 Å². The van der Waals surface area contributed by atoms with Gasteiger partial charge >= 0.3 is 12.2 Å². The second-order valence-corrected chi connectivity index (χ2v) is 4.46. The highest BCUT2D eigenvalue weighted by atomic mass is 19.4. The summed E-state index contributed by atoms with van der Waals surface area (Å²) in [5.41, 5.74) is 0. The molecule has 1 aromatic heterocycles. The monoisotopic (exact) mass is 265 g/mol. The minimum Gasteiger partial charge on any atom is -0.393 e. The molecule has 0 bridgehead atoms. The summed E-state index contributed by atoms with van der Waals surface area (Å²) in [7, 11) is 0. The van der Waals surface area contributed by atoms with Crippen molar-refractivity contribution < 1.29 is 22.8 Å². The third kappa shape index (κ3) is 2.74. The fourth-order valence-corrected chi connectivity index (χ4v) is 2.03. The van der Waals surface area contributed by atoms with Gasteiger partial charge in [0, 0.05) is 13.1 Å². The van der Waals surface area contributed by atoms with Gasteiger partial charge in [0.05, 0.1) is 6.10 Å². The van der Waals surface area contributed by atoms with Crippen molar-refractivity contribution >= 4 is 6.01 Å². The summed E-state index contributed by atoms with van der Waals surface area (Å²) in [5, 5.41) is 12.3. The summed E-state index contributed by atoms with van der Waals surface area (Å²) in [6.07, 6.45) is -3.59. The maximum absolute atomic E-state index is 12.3. The van der Waals surface area contributed by atoms with Gasteiger partial charge in [0.1, 0.15) is 0 Å². The fraction of sp³-hybridized carbons (Fsp3) is 0.800. The molecule has 2 heterocycles. The highest BCUT2D eigenvalue weighted by Crippen LogP contribution is 2.29. The van der Waals surface area contributed by atoms with E-state index in [9.17, 15) is 18.3 Å². The van der Waals surface area contributed by atoms with Crippen LogP contribution in [0.25, 0.3) is 0 Å². The van der Waals surface area contributed by atoms with Gasteiger partial charge in [0.25, 0.3) is 5.82 Å². The van der Waals surface area contributed by atoms with E-state index in [1.54, 1.807) is 11.8 Å². The number of nitrogens with zero attached hydrogens (tertiary/aromatic N) is 3. The molecule has 0 aromatic carbocycles. The zero-order chi connectivity index (χ0) is 13.3. The fourth-order valence-electron chi connectivity index (χ4n) is 2.03. The molecule has 0 spiro atoms. The molecule has 0 aliphatic carbocycles. The van der Waals surface area contributed by atoms with Crippen molar-refractivity contribution in [3.05, 3.63) is 5.82 Å². The highest BCUT2D eigenvalue weighted by molar-refractivity contribution is 5.26. The number of anilines is 1. The zero-order valence-corrected chi connectivity index (χ0v) is 9.81. The second-order valence-electron chi connectivity index (χ2n) is 4.46. The second kappa shape index (κ2) is 4.75. The van der Waals surface area contributed by atoms with Crippen molar-refractivity contribution in [2.24, 2.45) is 5.92 Å². The van der Waals surface area contributed by atoms with Gasteiger partial charge in [0.2, 0.25) is 0 Å². The lowest BCUT2D eigenvalue weighted by atomic mass is 9.92. The van der Waals surface area contributed by atoms with Crippen LogP contribution in [0.3, 0.4) is 0 Å². The maximum Gasteiger partial charge on any atom is 0.455 e. The molecule has 0 amide bonds. The number of piperidine rings is 1. The zero-order valence-electron chi connectivity index (χ0n) is 9.81. The number of alkyl halides is 3. The standard InChI is InChI=1S/C10H14F3N3O2/c1-6(17)7-2-4-16(5-3-7)9-14-8(15-18-9)10(11,12)13/h6-7,17H,2-5H2,1H3. The van der Waals surface area contributed by atoms with Crippen molar-refractivity contribution in [2.75, 3.05) is 18.0 Å². The highest BCUT2D eigenvalue weighted by Gasteiger charge is 2.38. The van der Waals surface area contributed by atoms with Gasteiger partial charge in [0.15, 0.2) is 0 Å². The number of aliphatic hydroxyl groups is 1. The molecule has 1 N–H and O–H groups in total. The first-order valence-corrected chi connectivity index (χ1v) is 5.72. The van der Waals surface area contributed by atoms with Gasteiger partial charge < -0.3 is 14.5 Å². The molecule has 102 valence electrons. The van der Waals surface area contributed by atoms with Crippen LogP contribution in [0.2, 0.25) is 0 Å². The van der Waals surface area contributed by atoms with E-state index in [2.05, 4.69) is 14.7 Å². The van der Waals surface area contributed by atoms with E-state index in [1.165, 1.54) is 0 Å². The first-order valence-electron chi connectivity index (χ1n) is 5.72. The van der Waals surface area contributed by atoms with Crippen LogP contribution in [-0.4, -0.2) is 34.4 Å². The number of aliphatic hydroxyl groups excluding tert-OH is 1. The normalized spacial score (nSPS) is 20.2. The molecule has 1 unspecified atom stereocenters. The average Bonchev–Trinajstić information content (AvgIpc) is 2.78. The Bertz CT molecular complexity index is 397. The van der Waals surface area contributed by atoms with Crippen LogP contribution in [0.4, 0.5) is 19.2 Å². The lowest BCUT2D eigenvalue weighted by Crippen LogP contribution is -2.37. The quantitative estimate of drug-likeness (QED) is 0.881. The molecule has 1 saturated heterocycles. The SMILES string of the molecule is CC(O)C1CCN(c2nc(C(F)(F)F)no2)CC1. The molecule has 5 nitrogen and oxygen atoms in total. The minimum atomic E-state index is -4.58. The van der Waals surface area contributed by atoms with E-state index in [1.807, 2.05) is 0 Å². The van der Waals surface area contributed by atoms with Crippen LogP contribution in [0.5, 0.6) is 0 Å². The third-order valence-electron chi connectivity index (χ3n) is 3.16. The smallest absolute Gasteiger partial charge is 0.393 e. The van der Waals surface area contributed by atoms with Crippen LogP contribution >= 0.6 is 0 Å². The van der Waals surface area contributed by atoms with Crippen LogP contribution < -0.4 is 4.90 Å². The molecular formula is C10H14F3N3O2. The van der Waals surface area contributed by atoms with Crippen LogP contribution in [0.1, 0.15) is 25.6 Å². The van der Waals surface area contributed by atoms with Crippen molar-refractivity contribution in [1.29, 1.82) is 0 Å². The van der Waals surface area contributed by atoms with Gasteiger partial charge in [-0.1, -0.05) is 0 Å². The Kier molecular flexibility index (Phi) is 3.47. The van der Waals surface area contributed by atoms with E-state index in [4.69, 9.17) is 0 Å². The molecule has 1 aliphatic rings. The summed E-state index contributed by atoms with van der Waals surface area (Å²) in [4.78, 5) is 4.95. The first-order chi connectivity index (χ1) is 8.38.